The third kappa shape index (κ3) is 2.83. The zero-order chi connectivity index (χ0) is 19.1. The van der Waals surface area contributed by atoms with Crippen LogP contribution in [0.15, 0.2) is 12.2 Å². The van der Waals surface area contributed by atoms with Gasteiger partial charge < -0.3 is 29.6 Å². The van der Waals surface area contributed by atoms with Crippen molar-refractivity contribution < 1.29 is 19.8 Å². The molecule has 4 unspecified atom stereocenters. The molecule has 0 spiro atoms. The summed E-state index contributed by atoms with van der Waals surface area (Å²) in [6.45, 7) is 5.14. The maximum atomic E-state index is 12.6. The molecule has 4 rings (SSSR count). The van der Waals surface area contributed by atoms with Gasteiger partial charge in [-0.25, -0.2) is 0 Å². The molecule has 2 saturated heterocycles. The molecule has 0 amide bonds. The van der Waals surface area contributed by atoms with Gasteiger partial charge in [-0.1, -0.05) is 12.2 Å². The number of rotatable bonds is 8. The molecular formula is C21H30N2O4-2. The largest absolute Gasteiger partial charge is 0.549 e. The lowest BCUT2D eigenvalue weighted by Crippen LogP contribution is -2.63. The lowest BCUT2D eigenvalue weighted by molar-refractivity contribution is -0.347. The summed E-state index contributed by atoms with van der Waals surface area (Å²) in [6.07, 6.45) is 9.67. The zero-order valence-corrected chi connectivity index (χ0v) is 16.0. The summed E-state index contributed by atoms with van der Waals surface area (Å²) < 4.78 is 0. The Bertz CT molecular complexity index is 572. The normalized spacial score (nSPS) is 38.8. The summed E-state index contributed by atoms with van der Waals surface area (Å²) >= 11 is 0. The van der Waals surface area contributed by atoms with Crippen LogP contribution in [0.4, 0.5) is 0 Å². The molecule has 2 aliphatic carbocycles. The first-order chi connectivity index (χ1) is 13.0. The van der Waals surface area contributed by atoms with Gasteiger partial charge >= 0.3 is 0 Å². The molecule has 6 heteroatoms. The van der Waals surface area contributed by atoms with Gasteiger partial charge in [0.15, 0.2) is 0 Å². The quantitative estimate of drug-likeness (QED) is 0.539. The van der Waals surface area contributed by atoms with E-state index in [1.54, 1.807) is 0 Å². The fourth-order valence-electron chi connectivity index (χ4n) is 6.46. The number of carbonyl (C=O) groups is 2. The fourth-order valence-corrected chi connectivity index (χ4v) is 6.46. The standard InChI is InChI=1S/C21H32N2O4/c24-18(25)20(7-13-22-9-1-2-10-22)16-5-6-17(15-16)21(20,19(26)27)8-14-23-11-3-4-12-23/h5-6,16-17H,1-4,7-15H2,(H,24,25)(H,26,27)/p-2. The number of fused-ring (bicyclic) bond motifs is 2. The molecule has 3 fully saturated rings. The Morgan fingerprint density at radius 2 is 1.15 bits per heavy atom. The Balaban J connectivity index is 1.65. The number of carboxylic acid groups (broad SMARTS) is 2. The summed E-state index contributed by atoms with van der Waals surface area (Å²) in [5.74, 6) is -2.90. The number of carbonyl (C=O) groups excluding carboxylic acids is 2. The van der Waals surface area contributed by atoms with Gasteiger partial charge in [0.05, 0.1) is 0 Å². The molecule has 0 aromatic carbocycles. The fraction of sp³-hybridized carbons (Fsp3) is 0.810. The van der Waals surface area contributed by atoms with Crippen molar-refractivity contribution in [2.75, 3.05) is 39.3 Å². The summed E-state index contributed by atoms with van der Waals surface area (Å²) in [5.41, 5.74) is -2.71. The number of nitrogens with zero attached hydrogens (tertiary/aromatic N) is 2. The van der Waals surface area contributed by atoms with E-state index in [-0.39, 0.29) is 11.8 Å². The van der Waals surface area contributed by atoms with Gasteiger partial charge in [0.1, 0.15) is 0 Å². The monoisotopic (exact) mass is 374 g/mol. The molecule has 0 aromatic rings. The Labute approximate surface area is 161 Å². The molecule has 4 atom stereocenters. The summed E-state index contributed by atoms with van der Waals surface area (Å²) in [4.78, 5) is 29.7. The number of hydrogen-bond acceptors (Lipinski definition) is 6. The van der Waals surface area contributed by atoms with Crippen molar-refractivity contribution in [1.82, 2.24) is 9.80 Å². The number of likely N-dealkylation sites (tertiary alicyclic amines) is 2. The van der Waals surface area contributed by atoms with Crippen molar-refractivity contribution in [3.8, 4) is 0 Å². The number of allylic oxidation sites excluding steroid dienone is 2. The van der Waals surface area contributed by atoms with Crippen LogP contribution in [0.1, 0.15) is 44.9 Å². The van der Waals surface area contributed by atoms with Gasteiger partial charge in [-0.3, -0.25) is 0 Å². The second-order valence-electron chi connectivity index (χ2n) is 8.95. The van der Waals surface area contributed by atoms with Crippen molar-refractivity contribution in [3.05, 3.63) is 12.2 Å². The summed E-state index contributed by atoms with van der Waals surface area (Å²) in [5, 5.41) is 25.1. The highest BCUT2D eigenvalue weighted by Crippen LogP contribution is 2.66. The lowest BCUT2D eigenvalue weighted by atomic mass is 9.54. The first-order valence-corrected chi connectivity index (χ1v) is 10.6. The minimum Gasteiger partial charge on any atom is -0.549 e. The SMILES string of the molecule is O=C([O-])C1(CCN2CCCC2)C2C=CC(C2)C1(CCN1CCCC1)C(=O)[O-]. The van der Waals surface area contributed by atoms with Gasteiger partial charge in [-0.2, -0.15) is 0 Å². The van der Waals surface area contributed by atoms with Gasteiger partial charge in [-0.05, 0) is 96.1 Å². The van der Waals surface area contributed by atoms with Crippen LogP contribution in [0, 0.1) is 22.7 Å². The van der Waals surface area contributed by atoms with Crippen molar-refractivity contribution in [2.45, 2.75) is 44.9 Å². The molecule has 0 aromatic heterocycles. The van der Waals surface area contributed by atoms with E-state index >= 15 is 0 Å². The summed E-state index contributed by atoms with van der Waals surface area (Å²) in [7, 11) is 0. The first-order valence-electron chi connectivity index (χ1n) is 10.6. The highest BCUT2D eigenvalue weighted by molar-refractivity contribution is 5.87. The molecule has 1 saturated carbocycles. The average molecular weight is 374 g/mol. The van der Waals surface area contributed by atoms with Gasteiger partial charge in [0.25, 0.3) is 0 Å². The van der Waals surface area contributed by atoms with Crippen LogP contribution in [0.25, 0.3) is 0 Å². The van der Waals surface area contributed by atoms with E-state index in [0.717, 1.165) is 51.9 Å². The van der Waals surface area contributed by atoms with E-state index in [1.807, 2.05) is 12.2 Å². The van der Waals surface area contributed by atoms with E-state index in [4.69, 9.17) is 0 Å². The van der Waals surface area contributed by atoms with E-state index in [1.165, 1.54) is 0 Å². The molecule has 150 valence electrons. The van der Waals surface area contributed by atoms with Crippen LogP contribution in [0.5, 0.6) is 0 Å². The molecule has 4 aliphatic rings. The Kier molecular flexibility index (Phi) is 5.06. The van der Waals surface area contributed by atoms with E-state index < -0.39 is 22.8 Å². The number of aliphatic carboxylic acids is 2. The van der Waals surface area contributed by atoms with Crippen molar-refractivity contribution in [2.24, 2.45) is 22.7 Å². The molecule has 0 N–H and O–H groups in total. The second-order valence-corrected chi connectivity index (χ2v) is 8.95. The van der Waals surface area contributed by atoms with Crippen molar-refractivity contribution in [3.63, 3.8) is 0 Å². The van der Waals surface area contributed by atoms with Crippen molar-refractivity contribution >= 4 is 11.9 Å². The zero-order valence-electron chi connectivity index (χ0n) is 16.0. The molecule has 2 aliphatic heterocycles. The predicted molar refractivity (Wildman–Crippen MR) is 96.2 cm³/mol. The lowest BCUT2D eigenvalue weighted by Gasteiger charge is -2.54. The Morgan fingerprint density at radius 1 is 0.778 bits per heavy atom. The van der Waals surface area contributed by atoms with E-state index in [2.05, 4.69) is 9.80 Å². The highest BCUT2D eigenvalue weighted by atomic mass is 16.4. The first kappa shape index (κ1) is 18.9. The topological polar surface area (TPSA) is 86.7 Å². The molecule has 27 heavy (non-hydrogen) atoms. The van der Waals surface area contributed by atoms with Crippen molar-refractivity contribution in [1.29, 1.82) is 0 Å². The van der Waals surface area contributed by atoms with Crippen LogP contribution in [-0.2, 0) is 9.59 Å². The minimum atomic E-state index is -1.35. The highest BCUT2D eigenvalue weighted by Gasteiger charge is 2.66. The Morgan fingerprint density at radius 3 is 1.48 bits per heavy atom. The van der Waals surface area contributed by atoms with Crippen LogP contribution in [0.3, 0.4) is 0 Å². The average Bonchev–Trinajstić information content (AvgIpc) is 3.43. The third-order valence-corrected chi connectivity index (χ3v) is 7.92. The maximum Gasteiger partial charge on any atom is 0.0492 e. The Hall–Kier alpha value is -1.40. The third-order valence-electron chi connectivity index (χ3n) is 7.92. The van der Waals surface area contributed by atoms with Crippen LogP contribution in [0.2, 0.25) is 0 Å². The smallest absolute Gasteiger partial charge is 0.0492 e. The van der Waals surface area contributed by atoms with Crippen LogP contribution in [-0.4, -0.2) is 61.0 Å². The van der Waals surface area contributed by atoms with E-state index in [0.29, 0.717) is 32.4 Å². The van der Waals surface area contributed by atoms with Gasteiger partial charge in [-0.15, -0.1) is 0 Å². The van der Waals surface area contributed by atoms with Crippen LogP contribution >= 0.6 is 0 Å². The van der Waals surface area contributed by atoms with Gasteiger partial charge in [0.2, 0.25) is 0 Å². The van der Waals surface area contributed by atoms with E-state index in [9.17, 15) is 19.8 Å². The molecule has 2 bridgehead atoms. The number of hydrogen-bond donors (Lipinski definition) is 0. The van der Waals surface area contributed by atoms with Crippen LogP contribution < -0.4 is 10.2 Å². The second kappa shape index (κ2) is 7.21. The molecular weight excluding hydrogens is 344 g/mol. The minimum absolute atomic E-state index is 0.258. The number of carboxylic acids is 2. The summed E-state index contributed by atoms with van der Waals surface area (Å²) in [6, 6.07) is 0. The molecule has 0 radical (unpaired) electrons. The van der Waals surface area contributed by atoms with Gasteiger partial charge in [0, 0.05) is 22.8 Å². The predicted octanol–water partition coefficient (Wildman–Crippen LogP) is -0.363. The maximum absolute atomic E-state index is 12.6. The molecule has 2 heterocycles. The molecule has 6 nitrogen and oxygen atoms in total.